The normalized spacial score (nSPS) is 19.1. The standard InChI is InChI=1S/C22H21N5O8S2/c1-34-14(28)6-10-2-4-12(5-3-10)35-7-11-8-36-20-16(19(30)27(20)17(11)21(31)32)25-18(29)15(26-33)13-9-37-22(23)24-13/h2-5,9,16,20,33H,6-8H2,1H3,(H2,23,24)(H,25,29)(H,31,32)/b26-15-/t16?,20-/m1/s1. The summed E-state index contributed by atoms with van der Waals surface area (Å²) in [6, 6.07) is 5.66. The lowest BCUT2D eigenvalue weighted by atomic mass is 10.0. The van der Waals surface area contributed by atoms with Gasteiger partial charge in [-0.1, -0.05) is 17.3 Å². The molecule has 13 nitrogen and oxygen atoms in total. The number of ether oxygens (including phenoxy) is 2. The average molecular weight is 548 g/mol. The minimum absolute atomic E-state index is 0.0475. The van der Waals surface area contributed by atoms with Crippen molar-refractivity contribution < 1.29 is 39.0 Å². The van der Waals surface area contributed by atoms with Crippen LogP contribution in [0.3, 0.4) is 0 Å². The van der Waals surface area contributed by atoms with Crippen molar-refractivity contribution in [1.82, 2.24) is 15.2 Å². The van der Waals surface area contributed by atoms with Crippen molar-refractivity contribution in [2.45, 2.75) is 17.8 Å². The van der Waals surface area contributed by atoms with Gasteiger partial charge in [0.05, 0.1) is 13.5 Å². The Hall–Kier alpha value is -4.11. The number of methoxy groups -OCH3 is 1. The minimum Gasteiger partial charge on any atom is -0.489 e. The number of anilines is 1. The van der Waals surface area contributed by atoms with Crippen LogP contribution >= 0.6 is 23.1 Å². The van der Waals surface area contributed by atoms with Crippen molar-refractivity contribution >= 4 is 57.7 Å². The van der Waals surface area contributed by atoms with Crippen LogP contribution in [0.25, 0.3) is 0 Å². The number of fused-ring (bicyclic) bond motifs is 1. The van der Waals surface area contributed by atoms with E-state index in [1.165, 1.54) is 24.3 Å². The lowest BCUT2D eigenvalue weighted by Crippen LogP contribution is -2.71. The largest absolute Gasteiger partial charge is 0.489 e. The molecule has 1 unspecified atom stereocenters. The SMILES string of the molecule is COC(=O)Cc1ccc(OCC2=C(C(=O)O)N3C(=O)C(NC(=O)/C(=N\O)c4csc(N)n4)[C@H]3SC2)cc1. The quantitative estimate of drug-likeness (QED) is 0.112. The number of carboxylic acid groups (broad SMARTS) is 1. The zero-order chi connectivity index (χ0) is 26.7. The van der Waals surface area contributed by atoms with Gasteiger partial charge in [-0.2, -0.15) is 0 Å². The van der Waals surface area contributed by atoms with Crippen LogP contribution in [-0.4, -0.2) is 80.5 Å². The molecule has 1 saturated heterocycles. The van der Waals surface area contributed by atoms with Crippen molar-refractivity contribution in [3.8, 4) is 5.75 Å². The van der Waals surface area contributed by atoms with E-state index >= 15 is 0 Å². The molecule has 3 heterocycles. The number of carbonyl (C=O) groups excluding carboxylic acids is 3. The summed E-state index contributed by atoms with van der Waals surface area (Å²) in [5.74, 6) is -2.45. The Morgan fingerprint density at radius 1 is 1.30 bits per heavy atom. The summed E-state index contributed by atoms with van der Waals surface area (Å²) < 4.78 is 10.4. The first kappa shape index (κ1) is 26.0. The highest BCUT2D eigenvalue weighted by molar-refractivity contribution is 8.00. The third-order valence-electron chi connectivity index (χ3n) is 5.53. The third-order valence-corrected chi connectivity index (χ3v) is 7.54. The second-order valence-electron chi connectivity index (χ2n) is 7.82. The molecular weight excluding hydrogens is 526 g/mol. The Balaban J connectivity index is 1.43. The molecule has 1 aromatic carbocycles. The molecule has 0 radical (unpaired) electrons. The van der Waals surface area contributed by atoms with Gasteiger partial charge in [0.1, 0.15) is 35.2 Å². The first-order valence-electron chi connectivity index (χ1n) is 10.7. The molecule has 4 rings (SSSR count). The minimum atomic E-state index is -1.30. The van der Waals surface area contributed by atoms with Crippen LogP contribution < -0.4 is 15.8 Å². The van der Waals surface area contributed by atoms with Crippen LogP contribution in [0.1, 0.15) is 11.3 Å². The van der Waals surface area contributed by atoms with Crippen LogP contribution in [0.2, 0.25) is 0 Å². The topological polar surface area (TPSA) is 194 Å². The molecule has 2 aliphatic heterocycles. The van der Waals surface area contributed by atoms with E-state index in [1.807, 2.05) is 0 Å². The number of aliphatic carboxylic acids is 1. The first-order valence-corrected chi connectivity index (χ1v) is 12.6. The maximum Gasteiger partial charge on any atom is 0.352 e. The Morgan fingerprint density at radius 2 is 2.03 bits per heavy atom. The molecule has 2 atom stereocenters. The number of esters is 1. The predicted molar refractivity (Wildman–Crippen MR) is 132 cm³/mol. The number of thiazole rings is 1. The molecule has 0 aliphatic carbocycles. The fourth-order valence-electron chi connectivity index (χ4n) is 3.73. The summed E-state index contributed by atoms with van der Waals surface area (Å²) in [5.41, 5.74) is 6.10. The van der Waals surface area contributed by atoms with E-state index in [0.717, 1.165) is 21.8 Å². The van der Waals surface area contributed by atoms with Gasteiger partial charge in [-0.05, 0) is 17.7 Å². The second-order valence-corrected chi connectivity index (χ2v) is 9.82. The van der Waals surface area contributed by atoms with E-state index in [4.69, 9.17) is 10.5 Å². The highest BCUT2D eigenvalue weighted by Gasteiger charge is 2.54. The Labute approximate surface area is 217 Å². The molecule has 37 heavy (non-hydrogen) atoms. The molecule has 0 spiro atoms. The van der Waals surface area contributed by atoms with Crippen molar-refractivity contribution in [1.29, 1.82) is 0 Å². The van der Waals surface area contributed by atoms with Crippen LogP contribution in [0.15, 0.2) is 46.1 Å². The molecule has 2 amide bonds. The van der Waals surface area contributed by atoms with Gasteiger partial charge in [-0.25, -0.2) is 9.78 Å². The van der Waals surface area contributed by atoms with Gasteiger partial charge in [0.15, 0.2) is 10.8 Å². The number of thioether (sulfide) groups is 1. The van der Waals surface area contributed by atoms with Gasteiger partial charge in [0.25, 0.3) is 11.8 Å². The molecular formula is C22H21N5O8S2. The van der Waals surface area contributed by atoms with Crippen molar-refractivity contribution in [2.75, 3.05) is 25.2 Å². The van der Waals surface area contributed by atoms with Crippen LogP contribution in [-0.2, 0) is 30.3 Å². The number of hydrogen-bond acceptors (Lipinski definition) is 12. The molecule has 1 fully saturated rings. The van der Waals surface area contributed by atoms with E-state index in [1.54, 1.807) is 24.3 Å². The summed E-state index contributed by atoms with van der Waals surface area (Å²) in [7, 11) is 1.30. The zero-order valence-corrected chi connectivity index (χ0v) is 20.9. The summed E-state index contributed by atoms with van der Waals surface area (Å²) in [6.45, 7) is -0.0783. The fraction of sp³-hybridized carbons (Fsp3) is 0.273. The van der Waals surface area contributed by atoms with Gasteiger partial charge < -0.3 is 30.8 Å². The number of nitrogens with two attached hydrogens (primary N) is 1. The fourth-order valence-corrected chi connectivity index (χ4v) is 5.60. The maximum atomic E-state index is 12.9. The molecule has 5 N–H and O–H groups in total. The predicted octanol–water partition coefficient (Wildman–Crippen LogP) is 0.437. The Kier molecular flexibility index (Phi) is 7.63. The van der Waals surface area contributed by atoms with Gasteiger partial charge in [0, 0.05) is 16.7 Å². The van der Waals surface area contributed by atoms with Crippen molar-refractivity contribution in [3.63, 3.8) is 0 Å². The Bertz CT molecular complexity index is 1310. The van der Waals surface area contributed by atoms with Gasteiger partial charge in [0.2, 0.25) is 0 Å². The highest BCUT2D eigenvalue weighted by Crippen LogP contribution is 2.40. The molecule has 0 bridgehead atoms. The maximum absolute atomic E-state index is 12.9. The number of rotatable bonds is 9. The molecule has 2 aromatic rings. The van der Waals surface area contributed by atoms with E-state index in [9.17, 15) is 29.5 Å². The number of β-lactam (4-membered cyclic amide) rings is 1. The van der Waals surface area contributed by atoms with E-state index < -0.39 is 34.9 Å². The molecule has 0 saturated carbocycles. The number of nitrogen functional groups attached to an aromatic ring is 1. The molecule has 1 aromatic heterocycles. The lowest BCUT2D eigenvalue weighted by molar-refractivity contribution is -0.150. The summed E-state index contributed by atoms with van der Waals surface area (Å²) in [6.07, 6.45) is 0.112. The summed E-state index contributed by atoms with van der Waals surface area (Å²) in [4.78, 5) is 53.9. The van der Waals surface area contributed by atoms with E-state index in [0.29, 0.717) is 11.3 Å². The number of nitrogens with zero attached hydrogens (tertiary/aromatic N) is 3. The summed E-state index contributed by atoms with van der Waals surface area (Å²) in [5, 5.41) is 25.5. The second kappa shape index (κ2) is 10.9. The van der Waals surface area contributed by atoms with Crippen LogP contribution in [0.4, 0.5) is 5.13 Å². The van der Waals surface area contributed by atoms with E-state index in [-0.39, 0.29) is 41.3 Å². The number of amides is 2. The zero-order valence-electron chi connectivity index (χ0n) is 19.2. The number of hydrogen-bond donors (Lipinski definition) is 4. The van der Waals surface area contributed by atoms with Crippen LogP contribution in [0.5, 0.6) is 5.75 Å². The monoisotopic (exact) mass is 547 g/mol. The first-order chi connectivity index (χ1) is 17.7. The van der Waals surface area contributed by atoms with Gasteiger partial charge in [-0.3, -0.25) is 19.3 Å². The lowest BCUT2D eigenvalue weighted by Gasteiger charge is -2.49. The third kappa shape index (κ3) is 5.36. The Morgan fingerprint density at radius 3 is 2.62 bits per heavy atom. The van der Waals surface area contributed by atoms with Crippen molar-refractivity contribution in [3.05, 3.63) is 52.2 Å². The van der Waals surface area contributed by atoms with E-state index in [2.05, 4.69) is 20.2 Å². The highest BCUT2D eigenvalue weighted by atomic mass is 32.2. The number of nitrogens with one attached hydrogen (secondary N) is 1. The number of aromatic nitrogens is 1. The molecule has 15 heteroatoms. The molecule has 2 aliphatic rings. The van der Waals surface area contributed by atoms with Crippen molar-refractivity contribution in [2.24, 2.45) is 5.16 Å². The van der Waals surface area contributed by atoms with Gasteiger partial charge in [-0.15, -0.1) is 23.1 Å². The van der Waals surface area contributed by atoms with Gasteiger partial charge >= 0.3 is 11.9 Å². The average Bonchev–Trinajstić information content (AvgIpc) is 3.31. The number of carboxylic acids is 1. The summed E-state index contributed by atoms with van der Waals surface area (Å²) >= 11 is 2.31. The number of carbonyl (C=O) groups is 4. The smallest absolute Gasteiger partial charge is 0.352 e. The van der Waals surface area contributed by atoms with Crippen LogP contribution in [0, 0.1) is 0 Å². The molecule has 194 valence electrons. The number of oxime groups is 1. The number of benzene rings is 1.